The van der Waals surface area contributed by atoms with Gasteiger partial charge in [-0.05, 0) is 148 Å². The van der Waals surface area contributed by atoms with Gasteiger partial charge in [-0.3, -0.25) is 4.79 Å². The Morgan fingerprint density at radius 2 is 1.27 bits per heavy atom. The van der Waals surface area contributed by atoms with Crippen molar-refractivity contribution >= 4 is 11.6 Å². The summed E-state index contributed by atoms with van der Waals surface area (Å²) in [6.07, 6.45) is -12.9. The number of para-hydroxylation sites is 1. The number of allylic oxidation sites excluding steroid dienone is 1. The molecular formula is C55H85NO15. The first-order valence-electron chi connectivity index (χ1n) is 26.7. The number of rotatable bonds is 10. The van der Waals surface area contributed by atoms with Gasteiger partial charge in [0.05, 0.1) is 30.3 Å². The third-order valence-corrected chi connectivity index (χ3v) is 21.2. The molecule has 0 spiro atoms. The van der Waals surface area contributed by atoms with Gasteiger partial charge in [0.1, 0.15) is 61.0 Å². The van der Waals surface area contributed by atoms with E-state index in [-0.39, 0.29) is 39.9 Å². The summed E-state index contributed by atoms with van der Waals surface area (Å²) in [4.78, 5) is 16.9. The largest absolute Gasteiger partial charge is 0.394 e. The highest BCUT2D eigenvalue weighted by molar-refractivity contribution is 5.97. The Morgan fingerprint density at radius 1 is 0.662 bits per heavy atom. The van der Waals surface area contributed by atoms with Gasteiger partial charge < -0.3 is 74.2 Å². The second kappa shape index (κ2) is 19.5. The zero-order valence-corrected chi connectivity index (χ0v) is 43.4. The van der Waals surface area contributed by atoms with Crippen LogP contribution in [0.2, 0.25) is 0 Å². The standard InChI is InChI=1S/C55H85NO15/c1-27(2)31-18-23-55(50(65)56(10)30-14-12-11-13-15-30)25-24-53(8)32(37(31)55)16-17-35-52(7)21-20-36(51(5,6)34(52)19-22-54(35,53)9)69-49-46(71-48-43(63)41(61)39(59)29(4)67-48)44(64)45(33(26-57)68-49)70-47-42(62)40(60)38(58)28(3)66-47/h11-15,28-29,31-49,57-64H,1,16-26H2,2-10H3/t28-,29-,31-,32+,33+,34-,35+,36-,37+,38-,39-,40+,41+,42+,43+,44-,45+,46+,47-,48-,49-,52-,53+,54+,55-/m0/s1. The van der Waals surface area contributed by atoms with Gasteiger partial charge in [0.2, 0.25) is 5.91 Å². The Labute approximate surface area is 420 Å². The molecular weight excluding hydrogens is 915 g/mol. The summed E-state index contributed by atoms with van der Waals surface area (Å²) >= 11 is 0. The molecule has 8 aliphatic rings. The lowest BCUT2D eigenvalue weighted by Gasteiger charge is -2.73. The fourth-order valence-corrected chi connectivity index (χ4v) is 17.0. The lowest BCUT2D eigenvalue weighted by Crippen LogP contribution is -2.68. The molecule has 5 aliphatic carbocycles. The van der Waals surface area contributed by atoms with Crippen molar-refractivity contribution in [2.24, 2.45) is 56.7 Å². The second-order valence-electron chi connectivity index (χ2n) is 24.8. The van der Waals surface area contributed by atoms with Crippen LogP contribution in [0.3, 0.4) is 0 Å². The van der Waals surface area contributed by atoms with Gasteiger partial charge in [0, 0.05) is 12.7 Å². The van der Waals surface area contributed by atoms with E-state index < -0.39 is 116 Å². The molecule has 400 valence electrons. The van der Waals surface area contributed by atoms with Crippen LogP contribution < -0.4 is 4.90 Å². The molecule has 1 aromatic carbocycles. The normalized spacial score (nSPS) is 51.5. The second-order valence-corrected chi connectivity index (χ2v) is 24.8. The molecule has 0 radical (unpaired) electrons. The van der Waals surface area contributed by atoms with Crippen LogP contribution in [-0.2, 0) is 33.2 Å². The summed E-state index contributed by atoms with van der Waals surface area (Å²) in [5, 5.41) is 87.2. The number of nitrogens with zero attached hydrogens (tertiary/aromatic N) is 1. The number of aliphatic hydroxyl groups is 8. The SMILES string of the molecule is C=C(C)[C@@H]1CC[C@]2(C(=O)N(C)c3ccccc3)CC[C@]3(C)[C@H](CC[C@@H]4[C@@]5(C)CC[C@H](O[C@@H]6O[C@H](CO)[C@@H](O[C@@H]7O[C@@H](C)[C@H](O)[C@@H](O)[C@H]7O)[C@H](O)[C@H]6O[C@@H]6O[C@@H](C)[C@H](O)[C@@H](O)[C@H]6O)C(C)(C)[C@@H]5CC[C@]43C)[C@@H]12. The highest BCUT2D eigenvalue weighted by Gasteiger charge is 2.72. The van der Waals surface area contributed by atoms with Crippen LogP contribution in [0.1, 0.15) is 120 Å². The van der Waals surface area contributed by atoms with Crippen molar-refractivity contribution in [3.8, 4) is 0 Å². The monoisotopic (exact) mass is 1000 g/mol. The molecule has 16 nitrogen and oxygen atoms in total. The van der Waals surface area contributed by atoms with Crippen molar-refractivity contribution in [2.45, 2.75) is 218 Å². The summed E-state index contributed by atoms with van der Waals surface area (Å²) in [6, 6.07) is 10.0. The minimum absolute atomic E-state index is 0.00421. The molecule has 71 heavy (non-hydrogen) atoms. The van der Waals surface area contributed by atoms with Crippen molar-refractivity contribution in [1.29, 1.82) is 0 Å². The molecule has 3 aliphatic heterocycles. The molecule has 25 atom stereocenters. The van der Waals surface area contributed by atoms with E-state index in [9.17, 15) is 40.9 Å². The number of aliphatic hydroxyl groups excluding tert-OH is 8. The van der Waals surface area contributed by atoms with Crippen molar-refractivity contribution < 1.29 is 74.1 Å². The highest BCUT2D eigenvalue weighted by Crippen LogP contribution is 2.78. The molecule has 16 heteroatoms. The number of carbonyl (C=O) groups is 1. The third kappa shape index (κ3) is 8.43. The maximum absolute atomic E-state index is 15.0. The molecule has 1 amide bonds. The number of anilines is 1. The predicted molar refractivity (Wildman–Crippen MR) is 260 cm³/mol. The van der Waals surface area contributed by atoms with Gasteiger partial charge in [0.25, 0.3) is 0 Å². The molecule has 5 saturated carbocycles. The molecule has 3 heterocycles. The van der Waals surface area contributed by atoms with Gasteiger partial charge in [-0.25, -0.2) is 0 Å². The van der Waals surface area contributed by atoms with E-state index in [0.29, 0.717) is 18.3 Å². The molecule has 0 unspecified atom stereocenters. The van der Waals surface area contributed by atoms with Crippen LogP contribution in [0, 0.1) is 56.7 Å². The number of hydrogen-bond acceptors (Lipinski definition) is 15. The molecule has 0 aromatic heterocycles. The lowest BCUT2D eigenvalue weighted by atomic mass is 9.32. The maximum Gasteiger partial charge on any atom is 0.233 e. The van der Waals surface area contributed by atoms with Crippen molar-refractivity contribution in [2.75, 3.05) is 18.6 Å². The molecule has 8 N–H and O–H groups in total. The van der Waals surface area contributed by atoms with E-state index in [0.717, 1.165) is 63.5 Å². The van der Waals surface area contributed by atoms with Crippen LogP contribution >= 0.6 is 0 Å². The van der Waals surface area contributed by atoms with Crippen LogP contribution in [0.15, 0.2) is 42.5 Å². The minimum Gasteiger partial charge on any atom is -0.394 e. The smallest absolute Gasteiger partial charge is 0.233 e. The summed E-state index contributed by atoms with van der Waals surface area (Å²) < 4.78 is 37.5. The van der Waals surface area contributed by atoms with Gasteiger partial charge in [-0.15, -0.1) is 0 Å². The summed E-state index contributed by atoms with van der Waals surface area (Å²) in [7, 11) is 1.95. The van der Waals surface area contributed by atoms with Gasteiger partial charge in [-0.1, -0.05) is 65.0 Å². The Morgan fingerprint density at radius 3 is 1.86 bits per heavy atom. The first-order valence-corrected chi connectivity index (χ1v) is 26.7. The Bertz CT molecular complexity index is 2080. The average Bonchev–Trinajstić information content (AvgIpc) is 3.75. The first-order chi connectivity index (χ1) is 33.4. The summed E-state index contributed by atoms with van der Waals surface area (Å²) in [5.74, 6) is 1.75. The number of amides is 1. The van der Waals surface area contributed by atoms with E-state index in [1.54, 1.807) is 0 Å². The van der Waals surface area contributed by atoms with E-state index >= 15 is 4.79 Å². The minimum atomic E-state index is -1.73. The van der Waals surface area contributed by atoms with Crippen LogP contribution in [0.5, 0.6) is 0 Å². The zero-order valence-electron chi connectivity index (χ0n) is 43.4. The van der Waals surface area contributed by atoms with Crippen LogP contribution in [-0.4, -0.2) is 159 Å². The van der Waals surface area contributed by atoms with E-state index in [1.165, 1.54) is 19.4 Å². The Kier molecular flexibility index (Phi) is 14.7. The van der Waals surface area contributed by atoms with E-state index in [2.05, 4.69) is 48.1 Å². The Hall–Kier alpha value is -2.13. The van der Waals surface area contributed by atoms with Crippen molar-refractivity contribution in [1.82, 2.24) is 0 Å². The average molecular weight is 1000 g/mol. The number of benzene rings is 1. The summed E-state index contributed by atoms with van der Waals surface area (Å²) in [6.45, 7) is 21.2. The quantitative estimate of drug-likeness (QED) is 0.121. The fourth-order valence-electron chi connectivity index (χ4n) is 17.0. The molecule has 8 fully saturated rings. The zero-order chi connectivity index (χ0) is 51.5. The highest BCUT2D eigenvalue weighted by atomic mass is 16.8. The number of carbonyl (C=O) groups excluding carboxylic acids is 1. The Balaban J connectivity index is 0.972. The number of ether oxygens (including phenoxy) is 6. The van der Waals surface area contributed by atoms with E-state index in [1.807, 2.05) is 42.3 Å². The predicted octanol–water partition coefficient (Wildman–Crippen LogP) is 4.20. The molecule has 9 rings (SSSR count). The van der Waals surface area contributed by atoms with Crippen molar-refractivity contribution in [3.63, 3.8) is 0 Å². The molecule has 3 saturated heterocycles. The molecule has 0 bridgehead atoms. The maximum atomic E-state index is 15.0. The van der Waals surface area contributed by atoms with Crippen LogP contribution in [0.4, 0.5) is 5.69 Å². The number of fused-ring (bicyclic) bond motifs is 7. The number of hydrogen-bond donors (Lipinski definition) is 8. The van der Waals surface area contributed by atoms with Gasteiger partial charge >= 0.3 is 0 Å². The van der Waals surface area contributed by atoms with Crippen molar-refractivity contribution in [3.05, 3.63) is 42.5 Å². The van der Waals surface area contributed by atoms with E-state index in [4.69, 9.17) is 28.4 Å². The lowest BCUT2D eigenvalue weighted by molar-refractivity contribution is -0.393. The summed E-state index contributed by atoms with van der Waals surface area (Å²) in [5.41, 5.74) is 1.18. The van der Waals surface area contributed by atoms with Gasteiger partial charge in [-0.2, -0.15) is 0 Å². The first kappa shape index (κ1) is 53.7. The third-order valence-electron chi connectivity index (χ3n) is 21.2. The van der Waals surface area contributed by atoms with Crippen LogP contribution in [0.25, 0.3) is 0 Å². The molecule has 1 aromatic rings. The fraction of sp³-hybridized carbons (Fsp3) is 0.836. The topological polar surface area (TPSA) is 238 Å². The van der Waals surface area contributed by atoms with Gasteiger partial charge in [0.15, 0.2) is 18.9 Å².